The third kappa shape index (κ3) is 3.01. The summed E-state index contributed by atoms with van der Waals surface area (Å²) < 4.78 is 30.6. The first-order valence-electron chi connectivity index (χ1n) is 9.41. The third-order valence-electron chi connectivity index (χ3n) is 5.89. The van der Waals surface area contributed by atoms with E-state index in [0.717, 1.165) is 47.4 Å². The molecule has 150 valence electrons. The average molecular weight is 461 g/mol. The van der Waals surface area contributed by atoms with Crippen LogP contribution in [0.3, 0.4) is 0 Å². The van der Waals surface area contributed by atoms with Gasteiger partial charge in [-0.25, -0.2) is 4.99 Å². The quantitative estimate of drug-likeness (QED) is 0.746. The molecular weight excluding hydrogens is 442 g/mol. The minimum atomic E-state index is -2.87. The van der Waals surface area contributed by atoms with E-state index in [1.165, 1.54) is 12.1 Å². The molecule has 2 aliphatic heterocycles. The molecule has 2 N–H and O–H groups in total. The van der Waals surface area contributed by atoms with Crippen LogP contribution in [0.15, 0.2) is 63.0 Å². The molecule has 1 fully saturated rings. The number of hydrogen-bond acceptors (Lipinski definition) is 5. The number of alkyl halides is 2. The second-order valence-electron chi connectivity index (χ2n) is 7.82. The Labute approximate surface area is 175 Å². The van der Waals surface area contributed by atoms with Crippen LogP contribution in [-0.4, -0.2) is 36.4 Å². The smallest absolute Gasteiger partial charge is 0.387 e. The maximum absolute atomic E-state index is 12.6. The second kappa shape index (κ2) is 6.52. The van der Waals surface area contributed by atoms with Crippen molar-refractivity contribution in [3.05, 3.63) is 64.1 Å². The van der Waals surface area contributed by atoms with Gasteiger partial charge in [-0.05, 0) is 48.2 Å². The highest BCUT2D eigenvalue weighted by Crippen LogP contribution is 2.52. The summed E-state index contributed by atoms with van der Waals surface area (Å²) >= 11 is 3.54. The molecule has 1 atom stereocenters. The molecule has 1 unspecified atom stereocenters. The molecule has 5 nitrogen and oxygen atoms in total. The molecule has 2 aromatic rings. The molecule has 2 heterocycles. The van der Waals surface area contributed by atoms with E-state index in [0.29, 0.717) is 5.96 Å². The van der Waals surface area contributed by atoms with Crippen LogP contribution >= 0.6 is 15.9 Å². The summed E-state index contributed by atoms with van der Waals surface area (Å²) in [5, 5.41) is 0. The summed E-state index contributed by atoms with van der Waals surface area (Å²) in [6.07, 6.45) is 2.30. The number of guanidine groups is 1. The van der Waals surface area contributed by atoms with Crippen molar-refractivity contribution < 1.29 is 13.5 Å². The summed E-state index contributed by atoms with van der Waals surface area (Å²) in [5.41, 5.74) is 7.38. The Kier molecular flexibility index (Phi) is 4.17. The van der Waals surface area contributed by atoms with Crippen molar-refractivity contribution in [3.8, 4) is 5.75 Å². The van der Waals surface area contributed by atoms with Crippen molar-refractivity contribution in [2.24, 2.45) is 21.1 Å². The third-order valence-corrected chi connectivity index (χ3v) is 6.39. The van der Waals surface area contributed by atoms with Crippen LogP contribution in [-0.2, 0) is 5.54 Å². The van der Waals surface area contributed by atoms with E-state index in [1.807, 2.05) is 29.2 Å². The fraction of sp³-hybridized carbons (Fsp3) is 0.333. The maximum Gasteiger partial charge on any atom is 0.387 e. The van der Waals surface area contributed by atoms with E-state index >= 15 is 0 Å². The first kappa shape index (κ1) is 18.5. The lowest BCUT2D eigenvalue weighted by Gasteiger charge is -2.35. The molecule has 1 spiro atoms. The van der Waals surface area contributed by atoms with Crippen molar-refractivity contribution in [1.82, 2.24) is 4.90 Å². The number of benzene rings is 2. The largest absolute Gasteiger partial charge is 0.435 e. The van der Waals surface area contributed by atoms with E-state index < -0.39 is 12.2 Å². The fourth-order valence-electron chi connectivity index (χ4n) is 4.21. The molecule has 2 aromatic carbocycles. The number of nitrogens with zero attached hydrogens (tertiary/aromatic N) is 3. The lowest BCUT2D eigenvalue weighted by molar-refractivity contribution is -0.0498. The van der Waals surface area contributed by atoms with Crippen molar-refractivity contribution in [3.63, 3.8) is 0 Å². The normalized spacial score (nSPS) is 24.3. The molecule has 0 radical (unpaired) electrons. The molecule has 0 saturated heterocycles. The van der Waals surface area contributed by atoms with Crippen molar-refractivity contribution in [2.45, 2.75) is 25.0 Å². The van der Waals surface area contributed by atoms with Gasteiger partial charge >= 0.3 is 6.61 Å². The minimum absolute atomic E-state index is 0.0995. The van der Waals surface area contributed by atoms with Gasteiger partial charge in [0.2, 0.25) is 0 Å². The number of ether oxygens (including phenoxy) is 1. The van der Waals surface area contributed by atoms with Crippen LogP contribution in [0.4, 0.5) is 8.78 Å². The average Bonchev–Trinajstić information content (AvgIpc) is 3.37. The van der Waals surface area contributed by atoms with Gasteiger partial charge in [0.05, 0.1) is 0 Å². The van der Waals surface area contributed by atoms with Gasteiger partial charge in [-0.2, -0.15) is 8.78 Å². The van der Waals surface area contributed by atoms with E-state index in [1.54, 1.807) is 12.1 Å². The molecule has 5 rings (SSSR count). The Morgan fingerprint density at radius 1 is 1.10 bits per heavy atom. The number of fused-ring (bicyclic) bond motifs is 1. The van der Waals surface area contributed by atoms with E-state index in [9.17, 15) is 8.78 Å². The Balaban J connectivity index is 1.66. The van der Waals surface area contributed by atoms with E-state index in [-0.39, 0.29) is 11.2 Å². The summed E-state index contributed by atoms with van der Waals surface area (Å²) in [5.74, 6) is 1.32. The molecule has 0 amide bonds. The van der Waals surface area contributed by atoms with Crippen LogP contribution < -0.4 is 10.5 Å². The molecule has 1 saturated carbocycles. The molecule has 1 aliphatic carbocycles. The molecule has 0 aromatic heterocycles. The van der Waals surface area contributed by atoms with Crippen LogP contribution in [0.25, 0.3) is 0 Å². The van der Waals surface area contributed by atoms with Gasteiger partial charge in [0.25, 0.3) is 0 Å². The van der Waals surface area contributed by atoms with Crippen molar-refractivity contribution in [2.75, 3.05) is 13.1 Å². The van der Waals surface area contributed by atoms with Gasteiger partial charge < -0.3 is 10.5 Å². The standard InChI is InChI=1S/C21H19BrF2N4O/c22-15-3-1-2-14(10-15)21(13-4-6-16(7-5-13)29-18(23)24)17-26-11-20(8-9-20)12-28(17)19(25)27-21/h1-7,10,18H,8-9,11-12H2,(H2,25,27). The zero-order valence-corrected chi connectivity index (χ0v) is 17.1. The zero-order valence-electron chi connectivity index (χ0n) is 15.5. The van der Waals surface area contributed by atoms with Crippen LogP contribution in [0, 0.1) is 5.41 Å². The molecule has 0 bridgehead atoms. The Hall–Kier alpha value is -2.48. The second-order valence-corrected chi connectivity index (χ2v) is 8.74. The Morgan fingerprint density at radius 3 is 2.52 bits per heavy atom. The lowest BCUT2D eigenvalue weighted by atomic mass is 9.81. The van der Waals surface area contributed by atoms with E-state index in [4.69, 9.17) is 15.7 Å². The first-order valence-corrected chi connectivity index (χ1v) is 10.2. The molecular formula is C21H19BrF2N4O. The topological polar surface area (TPSA) is 63.2 Å². The number of amidine groups is 1. The summed E-state index contributed by atoms with van der Waals surface area (Å²) in [4.78, 5) is 11.9. The predicted molar refractivity (Wildman–Crippen MR) is 110 cm³/mol. The molecule has 3 aliphatic rings. The van der Waals surface area contributed by atoms with Crippen molar-refractivity contribution >= 4 is 27.7 Å². The summed E-state index contributed by atoms with van der Waals surface area (Å²) in [6.45, 7) is -1.30. The van der Waals surface area contributed by atoms with Crippen LogP contribution in [0.1, 0.15) is 24.0 Å². The first-order chi connectivity index (χ1) is 13.9. The number of nitrogens with two attached hydrogens (primary N) is 1. The Bertz CT molecular complexity index is 1020. The van der Waals surface area contributed by atoms with Crippen LogP contribution in [0.2, 0.25) is 0 Å². The van der Waals surface area contributed by atoms with Crippen LogP contribution in [0.5, 0.6) is 5.75 Å². The highest BCUT2D eigenvalue weighted by Gasteiger charge is 2.55. The van der Waals surface area contributed by atoms with Crippen molar-refractivity contribution in [1.29, 1.82) is 0 Å². The summed E-state index contributed by atoms with van der Waals surface area (Å²) in [6, 6.07) is 14.4. The maximum atomic E-state index is 12.6. The number of halogens is 3. The van der Waals surface area contributed by atoms with Gasteiger partial charge in [-0.15, -0.1) is 0 Å². The lowest BCUT2D eigenvalue weighted by Crippen LogP contribution is -2.49. The highest BCUT2D eigenvalue weighted by molar-refractivity contribution is 9.10. The van der Waals surface area contributed by atoms with Gasteiger partial charge in [-0.3, -0.25) is 9.89 Å². The molecule has 8 heteroatoms. The number of aliphatic imine (C=N–C) groups is 2. The predicted octanol–water partition coefficient (Wildman–Crippen LogP) is 4.12. The monoisotopic (exact) mass is 460 g/mol. The molecule has 29 heavy (non-hydrogen) atoms. The minimum Gasteiger partial charge on any atom is -0.435 e. The number of hydrogen-bond donors (Lipinski definition) is 1. The van der Waals surface area contributed by atoms with Gasteiger partial charge in [0.15, 0.2) is 11.5 Å². The van der Waals surface area contributed by atoms with Gasteiger partial charge in [0, 0.05) is 23.0 Å². The summed E-state index contributed by atoms with van der Waals surface area (Å²) in [7, 11) is 0. The highest BCUT2D eigenvalue weighted by atomic mass is 79.9. The zero-order chi connectivity index (χ0) is 20.2. The SMILES string of the molecule is NC1=NC(c2ccc(OC(F)F)cc2)(c2cccc(Br)c2)C2=NCC3(CC3)CN12. The van der Waals surface area contributed by atoms with Gasteiger partial charge in [-0.1, -0.05) is 40.2 Å². The number of rotatable bonds is 4. The van der Waals surface area contributed by atoms with Gasteiger partial charge in [0.1, 0.15) is 11.6 Å². The fourth-order valence-corrected chi connectivity index (χ4v) is 4.61. The Morgan fingerprint density at radius 2 is 1.86 bits per heavy atom. The van der Waals surface area contributed by atoms with E-state index in [2.05, 4.69) is 20.7 Å².